The smallest absolute Gasteiger partial charge is 0.328 e. The van der Waals surface area contributed by atoms with E-state index in [1.54, 1.807) is 0 Å². The van der Waals surface area contributed by atoms with Gasteiger partial charge in [-0.05, 0) is 90.3 Å². The van der Waals surface area contributed by atoms with Gasteiger partial charge in [-0.1, -0.05) is 97.1 Å². The van der Waals surface area contributed by atoms with Crippen molar-refractivity contribution in [1.29, 1.82) is 0 Å². The summed E-state index contributed by atoms with van der Waals surface area (Å²) in [4.78, 5) is 205. The first-order chi connectivity index (χ1) is 53.8. The van der Waals surface area contributed by atoms with E-state index in [0.717, 1.165) is 83.5 Å². The van der Waals surface area contributed by atoms with Crippen LogP contribution in [0.25, 0.3) is 0 Å². The molecule has 4 aliphatic rings. The molecule has 0 unspecified atom stereocenters. The van der Waals surface area contributed by atoms with Gasteiger partial charge in [-0.25, -0.2) is 4.79 Å². The van der Waals surface area contributed by atoms with Gasteiger partial charge in [0.1, 0.15) is 78.3 Å². The van der Waals surface area contributed by atoms with Crippen LogP contribution < -0.4 is 70.0 Å². The Bertz CT molecular complexity index is 3450. The Kier molecular flexibility index (Phi) is 39.3. The van der Waals surface area contributed by atoms with Crippen molar-refractivity contribution in [3.63, 3.8) is 0 Å². The second kappa shape index (κ2) is 46.9. The van der Waals surface area contributed by atoms with Gasteiger partial charge in [0.2, 0.25) is 76.8 Å². The van der Waals surface area contributed by atoms with Crippen LogP contribution in [0.1, 0.15) is 177 Å². The summed E-state index contributed by atoms with van der Waals surface area (Å²) in [6.07, 6.45) is -6.22. The third kappa shape index (κ3) is 29.9. The third-order valence-electron chi connectivity index (χ3n) is 20.4. The number of fused-ring (bicyclic) bond motifs is 2. The van der Waals surface area contributed by atoms with Crippen LogP contribution >= 0.6 is 0 Å². The summed E-state index contributed by atoms with van der Waals surface area (Å²) in [5, 5.41) is 115. The van der Waals surface area contributed by atoms with Crippen LogP contribution in [0.2, 0.25) is 0 Å². The molecule has 23 N–H and O–H groups in total. The summed E-state index contributed by atoms with van der Waals surface area (Å²) in [5.41, 5.74) is 12.0. The minimum absolute atomic E-state index is 0.0416. The predicted molar refractivity (Wildman–Crippen MR) is 409 cm³/mol. The number of benzene rings is 1. The quantitative estimate of drug-likeness (QED) is 0.0169. The number of primary amides is 1. The molecule has 5 rings (SSSR count). The van der Waals surface area contributed by atoms with Crippen molar-refractivity contribution in [2.24, 2.45) is 28.3 Å². The minimum Gasteiger partial charge on any atom is -0.508 e. The zero-order valence-corrected chi connectivity index (χ0v) is 66.3. The first-order valence-electron chi connectivity index (χ1n) is 39.5. The van der Waals surface area contributed by atoms with Gasteiger partial charge in [0.15, 0.2) is 0 Å². The maximum Gasteiger partial charge on any atom is 0.328 e. The standard InChI is InChI=1S/C75H122N16O23/c1-9-10-11-12-13-14-15-16-17-18-19-21-48-32-55(101)84-58(40(5)92)69(107)81-39(4)65(103)83-50(30-44-23-25-46(96)26-24-44)66(104)86-57(38(2)3)73(111)91-37-47(97)31-51(91)67(105)87-60(42(7)94)71(109)88-61(43(8)95)74(112)90-29-27-52(98)63(90)72(110)89-62(53(99)33-54(76)100)68(106)80-36-56(102)85-59(41(6)93)70(108)82-49(75(113)114-48)22-20-28-79-64(77)45-34-78-35-45/h23-26,38-43,45,47-53,57-63,78,92-99H,9-22,27-37H2,1-8H3,(H2,76,100)(H2,77,79)(H,80,106)(H,81,107)(H,82,108)(H,83,103)(H,84,101)(H,85,102)(H,86,104)(H,87,105)(H,88,109)(H,89,110)/t39-,40-,41-,42-,43-,47-,48-,49+,50+,51+,52+,53-,57+,58-,59-,60-,61+,62+,63+/m1/s1. The molecule has 0 spiro atoms. The van der Waals surface area contributed by atoms with Crippen LogP contribution in [0.4, 0.5) is 0 Å². The molecule has 1 aromatic rings. The van der Waals surface area contributed by atoms with Crippen molar-refractivity contribution in [2.45, 2.75) is 293 Å². The number of carbonyl (C=O) groups excluding carboxylic acids is 14. The molecule has 0 bridgehead atoms. The van der Waals surface area contributed by atoms with E-state index in [0.29, 0.717) is 42.2 Å². The first-order valence-corrected chi connectivity index (χ1v) is 39.5. The maximum atomic E-state index is 14.8. The number of aliphatic hydroxyl groups excluding tert-OH is 7. The van der Waals surface area contributed by atoms with Crippen LogP contribution in [0, 0.1) is 11.8 Å². The number of nitrogens with zero attached hydrogens (tertiary/aromatic N) is 3. The highest BCUT2D eigenvalue weighted by molar-refractivity contribution is 6.00. The van der Waals surface area contributed by atoms with Gasteiger partial charge in [0.25, 0.3) is 0 Å². The van der Waals surface area contributed by atoms with Crippen molar-refractivity contribution in [3.05, 3.63) is 29.8 Å². The molecule has 39 heteroatoms. The Labute approximate surface area is 662 Å². The lowest BCUT2D eigenvalue weighted by Crippen LogP contribution is -2.64. The molecule has 13 amide bonds. The number of esters is 1. The molecule has 4 aliphatic heterocycles. The molecule has 0 aromatic heterocycles. The van der Waals surface area contributed by atoms with E-state index in [1.165, 1.54) is 52.0 Å². The summed E-state index contributed by atoms with van der Waals surface area (Å²) < 4.78 is 6.06. The molecule has 4 fully saturated rings. The number of aromatic hydroxyl groups is 1. The number of phenols is 1. The van der Waals surface area contributed by atoms with Crippen LogP contribution in [0.15, 0.2) is 29.3 Å². The second-order valence-corrected chi connectivity index (χ2v) is 30.5. The second-order valence-electron chi connectivity index (χ2n) is 30.5. The van der Waals surface area contributed by atoms with Crippen molar-refractivity contribution in [2.75, 3.05) is 39.3 Å². The number of amides is 13. The highest BCUT2D eigenvalue weighted by Crippen LogP contribution is 2.25. The molecular formula is C75H122N16O23. The monoisotopic (exact) mass is 1610 g/mol. The number of rotatable bonds is 27. The van der Waals surface area contributed by atoms with Gasteiger partial charge >= 0.3 is 5.97 Å². The van der Waals surface area contributed by atoms with Gasteiger partial charge in [0.05, 0.1) is 67.9 Å². The summed E-state index contributed by atoms with van der Waals surface area (Å²) in [6, 6.07) is -14.5. The van der Waals surface area contributed by atoms with Gasteiger partial charge in [-0.3, -0.25) is 67.3 Å². The van der Waals surface area contributed by atoms with Crippen LogP contribution in [0.3, 0.4) is 0 Å². The Balaban J connectivity index is 1.56. The Morgan fingerprint density at radius 1 is 0.561 bits per heavy atom. The lowest BCUT2D eigenvalue weighted by atomic mass is 9.99. The molecule has 1 aromatic carbocycles. The van der Waals surface area contributed by atoms with Crippen molar-refractivity contribution in [3.8, 4) is 5.75 Å². The van der Waals surface area contributed by atoms with E-state index in [4.69, 9.17) is 16.2 Å². The normalized spacial score (nSPS) is 28.2. The van der Waals surface area contributed by atoms with E-state index in [-0.39, 0.29) is 50.3 Å². The van der Waals surface area contributed by atoms with Crippen LogP contribution in [-0.4, -0.2) is 294 Å². The molecule has 0 aliphatic carbocycles. The molecule has 19 atom stereocenters. The number of ether oxygens (including phenoxy) is 1. The van der Waals surface area contributed by atoms with E-state index in [9.17, 15) is 108 Å². The lowest BCUT2D eigenvalue weighted by Gasteiger charge is -2.34. The summed E-state index contributed by atoms with van der Waals surface area (Å²) in [7, 11) is 0. The molecule has 114 heavy (non-hydrogen) atoms. The maximum absolute atomic E-state index is 14.8. The molecule has 4 heterocycles. The average molecular weight is 1620 g/mol. The number of amidine groups is 1. The molecule has 640 valence electrons. The average Bonchev–Trinajstić information content (AvgIpc) is 1.63. The molecule has 39 nitrogen and oxygen atoms in total. The van der Waals surface area contributed by atoms with Crippen molar-refractivity contribution >= 4 is 88.6 Å². The topological polar surface area (TPSA) is 613 Å². The predicted octanol–water partition coefficient (Wildman–Crippen LogP) is -5.85. The number of nitrogens with two attached hydrogens (primary N) is 2. The minimum atomic E-state index is -2.23. The van der Waals surface area contributed by atoms with Gasteiger partial charge < -0.3 is 125 Å². The number of phenolic OH excluding ortho intramolecular Hbond substituents is 1. The number of hydrogen-bond acceptors (Lipinski definition) is 25. The number of cyclic esters (lactones) is 1. The lowest BCUT2D eigenvalue weighted by molar-refractivity contribution is -0.155. The van der Waals surface area contributed by atoms with E-state index >= 15 is 0 Å². The van der Waals surface area contributed by atoms with Gasteiger partial charge in [-0.2, -0.15) is 0 Å². The first kappa shape index (κ1) is 95.3. The zero-order valence-electron chi connectivity index (χ0n) is 66.3. The fraction of sp³-hybridized carbons (Fsp3) is 0.720. The van der Waals surface area contributed by atoms with Crippen molar-refractivity contribution < 1.29 is 113 Å². The SMILES string of the molecule is CCCCCCCCCCCCC[C@@H]1CC(=O)N[C@H]([C@@H](C)O)C(=O)N[C@H](C)C(=O)N[C@@H](Cc2ccc(O)cc2)C(=O)N[C@@H](C(C)C)C(=O)N2C[C@H](O)C[C@H]2C(=O)N[C@H]([C@@H](C)O)C(=O)N[C@@H]([C@@H](C)O)C(=O)N2CC[C@H](O)[C@H]2C(=O)N[C@@H]([C@H](O)CC(N)=O)C(=O)NCC(=O)N[C@H]([C@@H](C)O)C(=O)N[C@@H](CCCN=C(N)C2CNC2)C(=O)O1. The Hall–Kier alpha value is -9.25. The summed E-state index contributed by atoms with van der Waals surface area (Å²) in [6.45, 7) is 9.90. The fourth-order valence-electron chi connectivity index (χ4n) is 13.6. The highest BCUT2D eigenvalue weighted by Gasteiger charge is 2.49. The Morgan fingerprint density at radius 3 is 1.64 bits per heavy atom. The number of nitrogens with one attached hydrogen (secondary N) is 11. The number of hydrogen-bond donors (Lipinski definition) is 21. The van der Waals surface area contributed by atoms with E-state index in [2.05, 4.69) is 70.4 Å². The van der Waals surface area contributed by atoms with Gasteiger partial charge in [-0.15, -0.1) is 0 Å². The van der Waals surface area contributed by atoms with E-state index < -0.39 is 243 Å². The zero-order chi connectivity index (χ0) is 84.8. The molecule has 0 radical (unpaired) electrons. The number of unbranched alkanes of at least 4 members (excludes halogenated alkanes) is 10. The van der Waals surface area contributed by atoms with Crippen molar-refractivity contribution in [1.82, 2.24) is 68.3 Å². The van der Waals surface area contributed by atoms with Crippen LogP contribution in [0.5, 0.6) is 5.75 Å². The largest absolute Gasteiger partial charge is 0.508 e. The third-order valence-corrected chi connectivity index (χ3v) is 20.4. The molecular weight excluding hydrogens is 1490 g/mol. The highest BCUT2D eigenvalue weighted by atomic mass is 16.5. The van der Waals surface area contributed by atoms with E-state index in [1.807, 2.05) is 0 Å². The number of aliphatic imine (C=N–C) groups is 1. The fourth-order valence-corrected chi connectivity index (χ4v) is 13.6. The number of carbonyl (C=O) groups is 14. The molecule has 0 saturated carbocycles. The Morgan fingerprint density at radius 2 is 1.08 bits per heavy atom. The molecule has 4 saturated heterocycles. The van der Waals surface area contributed by atoms with Crippen LogP contribution in [-0.2, 0) is 78.3 Å². The number of aliphatic hydroxyl groups is 7. The summed E-state index contributed by atoms with van der Waals surface area (Å²) >= 11 is 0. The summed E-state index contributed by atoms with van der Waals surface area (Å²) in [5.74, 6) is -16.9. The van der Waals surface area contributed by atoms with Gasteiger partial charge in [0, 0.05) is 51.5 Å².